The number of hydrogen-bond acceptors (Lipinski definition) is 2. The van der Waals surface area contributed by atoms with Crippen LogP contribution in [0.4, 0.5) is 0 Å². The van der Waals surface area contributed by atoms with E-state index in [0.29, 0.717) is 5.92 Å². The molecule has 6 heteroatoms. The zero-order valence-electron chi connectivity index (χ0n) is 18.2. The van der Waals surface area contributed by atoms with Gasteiger partial charge in [-0.25, -0.2) is 4.98 Å². The summed E-state index contributed by atoms with van der Waals surface area (Å²) in [6.07, 6.45) is 14.8. The zero-order chi connectivity index (χ0) is 21.8. The van der Waals surface area contributed by atoms with Crippen LogP contribution in [-0.2, 0) is 21.7 Å². The Bertz CT molecular complexity index is 693. The topological polar surface area (TPSA) is 21.1 Å². The smallest absolute Gasteiger partial charge is 0.0958 e. The molecule has 1 saturated carbocycles. The Kier molecular flexibility index (Phi) is 12.9. The molecule has 1 aromatic carbocycles. The molecule has 0 amide bonds. The molecule has 4 rings (SSSR count). The molecule has 6 radical (unpaired) electrons. The van der Waals surface area contributed by atoms with Crippen molar-refractivity contribution >= 4 is 30.4 Å². The maximum absolute atomic E-state index is 4.85. The summed E-state index contributed by atoms with van der Waals surface area (Å²) in [5.74, 6) is 3.41. The third-order valence-electron chi connectivity index (χ3n) is 5.38. The standard InChI is InChI=1S/C14H19N3.C10H14.2ClH.Ru/c1-4-8-16(9-5-1)10-11-17-12-15-13-6-2-3-7-14(13)17;1-8(2)10-6-4-9(3)5-7-10;;;/h2-3,6-7,12H,1,4-5,8-11H2;4-8H,1-3H3;2*1H;/q;;;;+2/p-2. The number of piperidine rings is 1. The summed E-state index contributed by atoms with van der Waals surface area (Å²) in [6, 6.07) is 8.36. The predicted molar refractivity (Wildman–Crippen MR) is 126 cm³/mol. The van der Waals surface area contributed by atoms with Crippen molar-refractivity contribution in [3.63, 3.8) is 0 Å². The Morgan fingerprint density at radius 2 is 1.60 bits per heavy atom. The molecule has 166 valence electrons. The van der Waals surface area contributed by atoms with Crippen LogP contribution in [0.2, 0.25) is 0 Å². The molecule has 1 aliphatic carbocycles. The van der Waals surface area contributed by atoms with Crippen LogP contribution in [0.5, 0.6) is 0 Å². The van der Waals surface area contributed by atoms with E-state index in [1.54, 1.807) is 0 Å². The molecule has 3 nitrogen and oxygen atoms in total. The average Bonchev–Trinajstić information content (AvgIpc) is 3.18. The predicted octanol–water partition coefficient (Wildman–Crippen LogP) is 6.54. The number of para-hydroxylation sites is 2. The second kappa shape index (κ2) is 14.8. The average molecular weight is 536 g/mol. The van der Waals surface area contributed by atoms with E-state index in [1.165, 1.54) is 49.7 Å². The van der Waals surface area contributed by atoms with Crippen LogP contribution in [0.25, 0.3) is 11.0 Å². The van der Waals surface area contributed by atoms with Crippen molar-refractivity contribution in [3.8, 4) is 0 Å². The number of likely N-dealkylation sites (tertiary alicyclic amines) is 1. The van der Waals surface area contributed by atoms with Gasteiger partial charge in [0.05, 0.1) is 17.4 Å². The first-order chi connectivity index (χ1) is 14.5. The van der Waals surface area contributed by atoms with Crippen LogP contribution < -0.4 is 0 Å². The first-order valence-corrected chi connectivity index (χ1v) is 15.1. The van der Waals surface area contributed by atoms with Crippen LogP contribution in [0, 0.1) is 43.4 Å². The van der Waals surface area contributed by atoms with Crippen LogP contribution in [0.15, 0.2) is 30.6 Å². The fourth-order valence-corrected chi connectivity index (χ4v) is 3.57. The van der Waals surface area contributed by atoms with Crippen molar-refractivity contribution in [3.05, 3.63) is 68.1 Å². The van der Waals surface area contributed by atoms with E-state index in [1.807, 2.05) is 12.4 Å². The van der Waals surface area contributed by atoms with Gasteiger partial charge in [0.15, 0.2) is 0 Å². The molecule has 2 fully saturated rings. The second-order valence-electron chi connectivity index (χ2n) is 7.94. The summed E-state index contributed by atoms with van der Waals surface area (Å²) in [4.78, 5) is 6.99. The first-order valence-electron chi connectivity index (χ1n) is 10.6. The summed E-state index contributed by atoms with van der Waals surface area (Å²) < 4.78 is 2.27. The molecule has 2 aliphatic rings. The van der Waals surface area contributed by atoms with Gasteiger partial charge in [-0.15, -0.1) is 0 Å². The van der Waals surface area contributed by atoms with Crippen LogP contribution in [0.1, 0.15) is 40.0 Å². The van der Waals surface area contributed by atoms with E-state index in [4.69, 9.17) is 19.4 Å². The summed E-state index contributed by atoms with van der Waals surface area (Å²) >= 11 is -0.346. The maximum Gasteiger partial charge on any atom is 0.0958 e. The second-order valence-corrected chi connectivity index (χ2v) is 10.6. The largest absolute Gasteiger partial charge is 0.329 e. The van der Waals surface area contributed by atoms with Crippen LogP contribution >= 0.6 is 19.4 Å². The van der Waals surface area contributed by atoms with Crippen molar-refractivity contribution in [1.29, 1.82) is 0 Å². The first kappa shape index (κ1) is 26.1. The van der Waals surface area contributed by atoms with Gasteiger partial charge in [-0.2, -0.15) is 0 Å². The number of imidazole rings is 1. The molecule has 0 N–H and O–H groups in total. The fraction of sp³-hybridized carbons (Fsp3) is 0.458. The van der Waals surface area contributed by atoms with Gasteiger partial charge in [0.25, 0.3) is 0 Å². The van der Waals surface area contributed by atoms with E-state index in [9.17, 15) is 0 Å². The Hall–Kier alpha value is -0.147. The summed E-state index contributed by atoms with van der Waals surface area (Å²) in [5.41, 5.74) is 2.36. The third kappa shape index (κ3) is 9.15. The molecule has 0 spiro atoms. The fourth-order valence-electron chi connectivity index (χ4n) is 3.57. The van der Waals surface area contributed by atoms with Gasteiger partial charge in [-0.1, -0.05) is 39.3 Å². The minimum Gasteiger partial charge on any atom is -0.329 e. The summed E-state index contributed by atoms with van der Waals surface area (Å²) in [5, 5.41) is 0. The quantitative estimate of drug-likeness (QED) is 0.415. The summed E-state index contributed by atoms with van der Waals surface area (Å²) in [6.45, 7) is 11.3. The Morgan fingerprint density at radius 1 is 0.967 bits per heavy atom. The van der Waals surface area contributed by atoms with Gasteiger partial charge in [0, 0.05) is 13.1 Å². The van der Waals surface area contributed by atoms with Crippen molar-refractivity contribution in [2.24, 2.45) is 5.92 Å². The molecule has 0 unspecified atom stereocenters. The SMILES string of the molecule is C[C]1[CH][CH][C](C(C)C)[CH][CH]1.[Cl][Ru][Cl].c1ccc2c(c1)ncn2CCN1CCCCC1. The van der Waals surface area contributed by atoms with Crippen molar-refractivity contribution < 1.29 is 15.1 Å². The van der Waals surface area contributed by atoms with Crippen molar-refractivity contribution in [1.82, 2.24) is 14.5 Å². The van der Waals surface area contributed by atoms with Gasteiger partial charge in [0.2, 0.25) is 0 Å². The van der Waals surface area contributed by atoms with Gasteiger partial charge < -0.3 is 9.47 Å². The monoisotopic (exact) mass is 535 g/mol. The van der Waals surface area contributed by atoms with E-state index in [2.05, 4.69) is 79.1 Å². The van der Waals surface area contributed by atoms with E-state index in [-0.39, 0.29) is 15.1 Å². The molecule has 1 saturated heterocycles. The third-order valence-corrected chi connectivity index (χ3v) is 5.38. The number of hydrogen-bond donors (Lipinski definition) is 0. The number of rotatable bonds is 4. The minimum absolute atomic E-state index is 0.346. The van der Waals surface area contributed by atoms with E-state index >= 15 is 0 Å². The van der Waals surface area contributed by atoms with Crippen molar-refractivity contribution in [2.75, 3.05) is 19.6 Å². The Labute approximate surface area is 199 Å². The number of fused-ring (bicyclic) bond motifs is 1. The summed E-state index contributed by atoms with van der Waals surface area (Å²) in [7, 11) is 9.71. The van der Waals surface area contributed by atoms with Gasteiger partial charge in [-0.3, -0.25) is 0 Å². The molecule has 0 bridgehead atoms. The van der Waals surface area contributed by atoms with Crippen LogP contribution in [-0.4, -0.2) is 34.1 Å². The van der Waals surface area contributed by atoms with E-state index in [0.717, 1.165) is 18.6 Å². The maximum atomic E-state index is 4.85. The Morgan fingerprint density at radius 3 is 2.23 bits per heavy atom. The molecule has 0 atom stereocenters. The normalized spacial score (nSPS) is 18.7. The molecule has 30 heavy (non-hydrogen) atoms. The van der Waals surface area contributed by atoms with Crippen molar-refractivity contribution in [2.45, 2.75) is 46.6 Å². The number of nitrogens with zero attached hydrogens (tertiary/aromatic N) is 3. The van der Waals surface area contributed by atoms with Crippen LogP contribution in [0.3, 0.4) is 0 Å². The Balaban J connectivity index is 0.000000210. The molecule has 2 heterocycles. The van der Waals surface area contributed by atoms with Gasteiger partial charge in [-0.05, 0) is 81.5 Å². The number of halogens is 2. The van der Waals surface area contributed by atoms with Gasteiger partial charge >= 0.3 is 34.5 Å². The minimum atomic E-state index is -0.346. The molecule has 1 aliphatic heterocycles. The number of benzene rings is 1. The van der Waals surface area contributed by atoms with Gasteiger partial charge in [0.1, 0.15) is 0 Å². The van der Waals surface area contributed by atoms with E-state index < -0.39 is 0 Å². The molecule has 1 aromatic heterocycles. The number of aromatic nitrogens is 2. The molecular weight excluding hydrogens is 502 g/mol. The molecule has 2 aromatic rings. The zero-order valence-corrected chi connectivity index (χ0v) is 21.4. The molecular formula is C24H33Cl2N3Ru.